The molecule has 2 heterocycles. The normalized spacial score (nSPS) is 44.4. The third-order valence-corrected chi connectivity index (χ3v) is 4.53. The van der Waals surface area contributed by atoms with Gasteiger partial charge in [-0.3, -0.25) is 9.69 Å². The molecular formula is C12H20N2O2. The van der Waals surface area contributed by atoms with Crippen molar-refractivity contribution in [1.82, 2.24) is 4.90 Å². The van der Waals surface area contributed by atoms with Gasteiger partial charge in [-0.1, -0.05) is 6.42 Å². The molecule has 0 aromatic rings. The van der Waals surface area contributed by atoms with Gasteiger partial charge < -0.3 is 10.5 Å². The van der Waals surface area contributed by atoms with Gasteiger partial charge in [-0.2, -0.15) is 0 Å². The molecule has 1 aliphatic carbocycles. The minimum atomic E-state index is -0.0211. The molecule has 0 aromatic heterocycles. The van der Waals surface area contributed by atoms with E-state index in [1.165, 1.54) is 12.8 Å². The van der Waals surface area contributed by atoms with E-state index in [9.17, 15) is 4.79 Å². The van der Waals surface area contributed by atoms with Gasteiger partial charge in [0.2, 0.25) is 0 Å². The lowest BCUT2D eigenvalue weighted by Crippen LogP contribution is -2.40. The van der Waals surface area contributed by atoms with Crippen molar-refractivity contribution in [3.05, 3.63) is 0 Å². The molecule has 0 radical (unpaired) electrons. The average molecular weight is 224 g/mol. The first-order valence-electron chi connectivity index (χ1n) is 6.42. The number of esters is 1. The Morgan fingerprint density at radius 2 is 2.12 bits per heavy atom. The molecule has 2 saturated heterocycles. The van der Waals surface area contributed by atoms with E-state index in [4.69, 9.17) is 10.5 Å². The Morgan fingerprint density at radius 3 is 2.81 bits per heavy atom. The summed E-state index contributed by atoms with van der Waals surface area (Å²) >= 11 is 0. The van der Waals surface area contributed by atoms with E-state index in [0.717, 1.165) is 31.8 Å². The average Bonchev–Trinajstić information content (AvgIpc) is 2.84. The number of rotatable bonds is 1. The summed E-state index contributed by atoms with van der Waals surface area (Å²) in [6.45, 7) is 2.66. The van der Waals surface area contributed by atoms with Crippen LogP contribution in [0, 0.1) is 11.8 Å². The molecule has 2 N–H and O–H groups in total. The number of fused-ring (bicyclic) bond motifs is 1. The number of hydrogen-bond donors (Lipinski definition) is 1. The number of nitrogens with zero attached hydrogens (tertiary/aromatic N) is 1. The van der Waals surface area contributed by atoms with E-state index in [2.05, 4.69) is 4.90 Å². The third-order valence-electron chi connectivity index (χ3n) is 4.53. The summed E-state index contributed by atoms with van der Waals surface area (Å²) in [6, 6.07) is 0.374. The second-order valence-corrected chi connectivity index (χ2v) is 5.44. The number of nitrogens with two attached hydrogens (primary N) is 1. The molecule has 0 amide bonds. The summed E-state index contributed by atoms with van der Waals surface area (Å²) < 4.78 is 5.05. The molecule has 0 spiro atoms. The zero-order valence-electron chi connectivity index (χ0n) is 9.60. The van der Waals surface area contributed by atoms with Crippen LogP contribution in [0.25, 0.3) is 0 Å². The molecule has 3 aliphatic rings. The predicted octanol–water partition coefficient (Wildman–Crippen LogP) is 0.361. The van der Waals surface area contributed by atoms with Crippen molar-refractivity contribution in [3.63, 3.8) is 0 Å². The summed E-state index contributed by atoms with van der Waals surface area (Å²) in [6.07, 6.45) is 4.57. The van der Waals surface area contributed by atoms with Crippen LogP contribution in [0.4, 0.5) is 0 Å². The van der Waals surface area contributed by atoms with Crippen molar-refractivity contribution >= 4 is 5.97 Å². The maximum Gasteiger partial charge on any atom is 0.323 e. The van der Waals surface area contributed by atoms with Crippen LogP contribution in [0.3, 0.4) is 0 Å². The highest BCUT2D eigenvalue weighted by atomic mass is 16.5. The lowest BCUT2D eigenvalue weighted by Gasteiger charge is -2.29. The SMILES string of the molecule is NC1CCCC2CN(C3CCOC3=O)CC12. The Bertz CT molecular complexity index is 295. The molecular weight excluding hydrogens is 204 g/mol. The quantitative estimate of drug-likeness (QED) is 0.653. The van der Waals surface area contributed by atoms with Crippen molar-refractivity contribution in [2.45, 2.75) is 37.8 Å². The summed E-state index contributed by atoms with van der Waals surface area (Å²) in [4.78, 5) is 13.9. The van der Waals surface area contributed by atoms with E-state index in [-0.39, 0.29) is 12.0 Å². The number of carbonyl (C=O) groups excluding carboxylic acids is 1. The van der Waals surface area contributed by atoms with Crippen LogP contribution in [0.5, 0.6) is 0 Å². The first-order chi connectivity index (χ1) is 7.75. The lowest BCUT2D eigenvalue weighted by molar-refractivity contribution is -0.142. The minimum absolute atomic E-state index is 0.0211. The zero-order valence-corrected chi connectivity index (χ0v) is 9.60. The van der Waals surface area contributed by atoms with E-state index < -0.39 is 0 Å². The van der Waals surface area contributed by atoms with Crippen LogP contribution in [-0.2, 0) is 9.53 Å². The van der Waals surface area contributed by atoms with Gasteiger partial charge in [0.25, 0.3) is 0 Å². The molecule has 0 bridgehead atoms. The topological polar surface area (TPSA) is 55.6 Å². The largest absolute Gasteiger partial charge is 0.464 e. The Balaban J connectivity index is 1.69. The maximum absolute atomic E-state index is 11.6. The Hall–Kier alpha value is -0.610. The summed E-state index contributed by atoms with van der Waals surface area (Å²) in [7, 11) is 0. The van der Waals surface area contributed by atoms with Gasteiger partial charge in [-0.15, -0.1) is 0 Å². The van der Waals surface area contributed by atoms with Gasteiger partial charge in [0.15, 0.2) is 0 Å². The van der Waals surface area contributed by atoms with Gasteiger partial charge in [0.05, 0.1) is 6.61 Å². The molecule has 3 fully saturated rings. The molecule has 16 heavy (non-hydrogen) atoms. The molecule has 1 saturated carbocycles. The van der Waals surface area contributed by atoms with E-state index >= 15 is 0 Å². The second-order valence-electron chi connectivity index (χ2n) is 5.44. The molecule has 4 unspecified atom stereocenters. The van der Waals surface area contributed by atoms with Gasteiger partial charge in [0.1, 0.15) is 6.04 Å². The fourth-order valence-corrected chi connectivity index (χ4v) is 3.62. The van der Waals surface area contributed by atoms with Crippen LogP contribution in [0.1, 0.15) is 25.7 Å². The summed E-state index contributed by atoms with van der Waals surface area (Å²) in [5.74, 6) is 1.31. The number of carbonyl (C=O) groups is 1. The fourth-order valence-electron chi connectivity index (χ4n) is 3.62. The van der Waals surface area contributed by atoms with E-state index in [1.807, 2.05) is 0 Å². The van der Waals surface area contributed by atoms with Crippen molar-refractivity contribution in [2.75, 3.05) is 19.7 Å². The van der Waals surface area contributed by atoms with Crippen LogP contribution in [-0.4, -0.2) is 42.6 Å². The predicted molar refractivity (Wildman–Crippen MR) is 59.7 cm³/mol. The molecule has 4 nitrogen and oxygen atoms in total. The highest BCUT2D eigenvalue weighted by molar-refractivity contribution is 5.77. The minimum Gasteiger partial charge on any atom is -0.464 e. The third kappa shape index (κ3) is 1.64. The van der Waals surface area contributed by atoms with Gasteiger partial charge in [-0.05, 0) is 24.7 Å². The second kappa shape index (κ2) is 4.00. The van der Waals surface area contributed by atoms with Gasteiger partial charge in [0, 0.05) is 25.6 Å². The standard InChI is InChI=1S/C12H20N2O2/c13-10-3-1-2-8-6-14(7-9(8)10)11-4-5-16-12(11)15/h8-11H,1-7,13H2. The number of hydrogen-bond acceptors (Lipinski definition) is 4. The molecule has 0 aromatic carbocycles. The van der Waals surface area contributed by atoms with Crippen LogP contribution in [0.2, 0.25) is 0 Å². The molecule has 4 heteroatoms. The van der Waals surface area contributed by atoms with E-state index in [1.54, 1.807) is 0 Å². The Morgan fingerprint density at radius 1 is 1.25 bits per heavy atom. The monoisotopic (exact) mass is 224 g/mol. The molecule has 90 valence electrons. The van der Waals surface area contributed by atoms with Crippen molar-refractivity contribution in [3.8, 4) is 0 Å². The highest BCUT2D eigenvalue weighted by Gasteiger charge is 2.44. The number of ether oxygens (including phenoxy) is 1. The summed E-state index contributed by atoms with van der Waals surface area (Å²) in [5.41, 5.74) is 6.17. The lowest BCUT2D eigenvalue weighted by atomic mass is 9.78. The van der Waals surface area contributed by atoms with Crippen LogP contribution < -0.4 is 5.73 Å². The summed E-state index contributed by atoms with van der Waals surface area (Å²) in [5, 5.41) is 0. The first kappa shape index (κ1) is 10.5. The van der Waals surface area contributed by atoms with Gasteiger partial charge >= 0.3 is 5.97 Å². The fraction of sp³-hybridized carbons (Fsp3) is 0.917. The Labute approximate surface area is 96.1 Å². The maximum atomic E-state index is 11.6. The van der Waals surface area contributed by atoms with Crippen molar-refractivity contribution in [1.29, 1.82) is 0 Å². The first-order valence-corrected chi connectivity index (χ1v) is 6.42. The number of cyclic esters (lactones) is 1. The molecule has 2 aliphatic heterocycles. The molecule has 3 rings (SSSR count). The highest BCUT2D eigenvalue weighted by Crippen LogP contribution is 2.37. The Kier molecular flexibility index (Phi) is 2.64. The smallest absolute Gasteiger partial charge is 0.323 e. The van der Waals surface area contributed by atoms with Crippen molar-refractivity contribution < 1.29 is 9.53 Å². The van der Waals surface area contributed by atoms with Gasteiger partial charge in [-0.25, -0.2) is 0 Å². The van der Waals surface area contributed by atoms with Crippen LogP contribution in [0.15, 0.2) is 0 Å². The van der Waals surface area contributed by atoms with Crippen LogP contribution >= 0.6 is 0 Å². The van der Waals surface area contributed by atoms with Crippen molar-refractivity contribution in [2.24, 2.45) is 17.6 Å². The van der Waals surface area contributed by atoms with E-state index in [0.29, 0.717) is 18.6 Å². The molecule has 4 atom stereocenters. The zero-order chi connectivity index (χ0) is 11.1. The number of likely N-dealkylation sites (tertiary alicyclic amines) is 1.